The molecule has 2 aromatic rings. The molecule has 24 heavy (non-hydrogen) atoms. The summed E-state index contributed by atoms with van der Waals surface area (Å²) in [6.45, 7) is 7.78. The largest absolute Gasteiger partial charge is 0.356 e. The fourth-order valence-electron chi connectivity index (χ4n) is 2.96. The number of aliphatic imine (C=N–C) groups is 1. The van der Waals surface area contributed by atoms with Crippen LogP contribution in [0, 0.1) is 6.92 Å². The zero-order valence-corrected chi connectivity index (χ0v) is 16.7. The van der Waals surface area contributed by atoms with E-state index in [-0.39, 0.29) is 24.0 Å². The number of fused-ring (bicyclic) bond motifs is 1. The minimum absolute atomic E-state index is 0. The highest BCUT2D eigenvalue weighted by molar-refractivity contribution is 14.0. The van der Waals surface area contributed by atoms with Crippen molar-refractivity contribution in [2.45, 2.75) is 33.2 Å². The van der Waals surface area contributed by atoms with Crippen molar-refractivity contribution in [1.29, 1.82) is 0 Å². The van der Waals surface area contributed by atoms with Crippen molar-refractivity contribution in [3.63, 3.8) is 0 Å². The van der Waals surface area contributed by atoms with E-state index in [1.807, 2.05) is 10.9 Å². The Morgan fingerprint density at radius 2 is 2.17 bits per heavy atom. The van der Waals surface area contributed by atoms with Crippen LogP contribution in [0.5, 0.6) is 0 Å². The SMILES string of the molecule is CCNC(=NCCCn1cc(C)cn1)N1CCc2ccccc21.I. The fourth-order valence-corrected chi connectivity index (χ4v) is 2.96. The Balaban J connectivity index is 0.00000208. The van der Waals surface area contributed by atoms with Crippen molar-refractivity contribution >= 4 is 35.6 Å². The van der Waals surface area contributed by atoms with Gasteiger partial charge in [0.2, 0.25) is 0 Å². The summed E-state index contributed by atoms with van der Waals surface area (Å²) in [5.41, 5.74) is 3.90. The molecule has 0 saturated carbocycles. The molecule has 0 radical (unpaired) electrons. The lowest BCUT2D eigenvalue weighted by Gasteiger charge is -2.22. The van der Waals surface area contributed by atoms with Crippen LogP contribution in [0.3, 0.4) is 0 Å². The van der Waals surface area contributed by atoms with Crippen LogP contribution in [0.1, 0.15) is 24.5 Å². The van der Waals surface area contributed by atoms with Crippen molar-refractivity contribution in [3.05, 3.63) is 47.8 Å². The lowest BCUT2D eigenvalue weighted by Crippen LogP contribution is -2.40. The van der Waals surface area contributed by atoms with Crippen molar-refractivity contribution in [2.24, 2.45) is 4.99 Å². The molecule has 1 aromatic carbocycles. The topological polar surface area (TPSA) is 45.5 Å². The van der Waals surface area contributed by atoms with Crippen LogP contribution < -0.4 is 10.2 Å². The second-order valence-electron chi connectivity index (χ2n) is 5.90. The number of nitrogens with zero attached hydrogens (tertiary/aromatic N) is 4. The van der Waals surface area contributed by atoms with Crippen LogP contribution >= 0.6 is 24.0 Å². The van der Waals surface area contributed by atoms with Gasteiger partial charge in [-0.25, -0.2) is 0 Å². The number of rotatable bonds is 5. The van der Waals surface area contributed by atoms with Gasteiger partial charge >= 0.3 is 0 Å². The monoisotopic (exact) mass is 439 g/mol. The van der Waals surface area contributed by atoms with E-state index in [4.69, 9.17) is 4.99 Å². The average Bonchev–Trinajstić information content (AvgIpc) is 3.17. The van der Waals surface area contributed by atoms with Gasteiger partial charge in [-0.3, -0.25) is 9.67 Å². The van der Waals surface area contributed by atoms with E-state index in [1.54, 1.807) is 0 Å². The highest BCUT2D eigenvalue weighted by Crippen LogP contribution is 2.27. The Hall–Kier alpha value is -1.57. The molecule has 3 rings (SSSR count). The Kier molecular flexibility index (Phi) is 7.08. The molecule has 0 atom stereocenters. The molecular formula is C18H26IN5. The number of hydrogen-bond acceptors (Lipinski definition) is 2. The summed E-state index contributed by atoms with van der Waals surface area (Å²) < 4.78 is 1.99. The first kappa shape index (κ1) is 18.8. The zero-order valence-electron chi connectivity index (χ0n) is 14.4. The Morgan fingerprint density at radius 1 is 1.33 bits per heavy atom. The maximum absolute atomic E-state index is 4.81. The number of aryl methyl sites for hydroxylation is 2. The molecule has 1 aliphatic heterocycles. The first-order chi connectivity index (χ1) is 11.3. The van der Waals surface area contributed by atoms with Gasteiger partial charge in [0.1, 0.15) is 0 Å². The van der Waals surface area contributed by atoms with Crippen molar-refractivity contribution in [2.75, 3.05) is 24.5 Å². The van der Waals surface area contributed by atoms with Crippen molar-refractivity contribution in [1.82, 2.24) is 15.1 Å². The van der Waals surface area contributed by atoms with Crippen LogP contribution in [0.2, 0.25) is 0 Å². The molecule has 5 nitrogen and oxygen atoms in total. The highest BCUT2D eigenvalue weighted by atomic mass is 127. The lowest BCUT2D eigenvalue weighted by molar-refractivity contribution is 0.584. The molecule has 1 N–H and O–H groups in total. The first-order valence-electron chi connectivity index (χ1n) is 8.40. The highest BCUT2D eigenvalue weighted by Gasteiger charge is 2.22. The van der Waals surface area contributed by atoms with Crippen molar-refractivity contribution < 1.29 is 0 Å². The van der Waals surface area contributed by atoms with Gasteiger partial charge in [0, 0.05) is 38.1 Å². The van der Waals surface area contributed by atoms with Gasteiger partial charge in [-0.1, -0.05) is 18.2 Å². The molecule has 0 fully saturated rings. The molecule has 0 spiro atoms. The van der Waals surface area contributed by atoms with Gasteiger partial charge in [0.15, 0.2) is 5.96 Å². The van der Waals surface area contributed by atoms with Gasteiger partial charge in [-0.05, 0) is 43.9 Å². The molecule has 0 amide bonds. The van der Waals surface area contributed by atoms with E-state index < -0.39 is 0 Å². The molecule has 0 saturated heterocycles. The van der Waals surface area contributed by atoms with Crippen LogP contribution in [0.4, 0.5) is 5.69 Å². The first-order valence-corrected chi connectivity index (χ1v) is 8.40. The van der Waals surface area contributed by atoms with Crippen LogP contribution in [0.25, 0.3) is 0 Å². The third-order valence-corrected chi connectivity index (χ3v) is 4.05. The number of halogens is 1. The Labute approximate surface area is 161 Å². The zero-order chi connectivity index (χ0) is 16.1. The van der Waals surface area contributed by atoms with Gasteiger partial charge < -0.3 is 10.2 Å². The summed E-state index contributed by atoms with van der Waals surface area (Å²) in [5.74, 6) is 0.995. The predicted octanol–water partition coefficient (Wildman–Crippen LogP) is 3.23. The number of aromatic nitrogens is 2. The van der Waals surface area contributed by atoms with Crippen LogP contribution in [-0.4, -0.2) is 35.4 Å². The summed E-state index contributed by atoms with van der Waals surface area (Å²) in [5, 5.41) is 7.74. The molecule has 0 bridgehead atoms. The second-order valence-corrected chi connectivity index (χ2v) is 5.90. The van der Waals surface area contributed by atoms with Crippen molar-refractivity contribution in [3.8, 4) is 0 Å². The normalized spacial score (nSPS) is 13.6. The number of guanidine groups is 1. The van der Waals surface area contributed by atoms with E-state index in [1.165, 1.54) is 16.8 Å². The summed E-state index contributed by atoms with van der Waals surface area (Å²) in [6.07, 6.45) is 6.05. The fraction of sp³-hybridized carbons (Fsp3) is 0.444. The van der Waals surface area contributed by atoms with E-state index >= 15 is 0 Å². The quantitative estimate of drug-likeness (QED) is 0.337. The van der Waals surface area contributed by atoms with Gasteiger partial charge in [-0.15, -0.1) is 24.0 Å². The molecule has 130 valence electrons. The molecule has 1 aliphatic rings. The van der Waals surface area contributed by atoms with E-state index in [9.17, 15) is 0 Å². The number of para-hydroxylation sites is 1. The lowest BCUT2D eigenvalue weighted by atomic mass is 10.2. The molecule has 1 aromatic heterocycles. The standard InChI is InChI=1S/C18H25N5.HI/c1-3-19-18(20-10-6-11-22-14-15(2)13-21-22)23-12-9-16-7-4-5-8-17(16)23;/h4-5,7-8,13-14H,3,6,9-12H2,1-2H3,(H,19,20);1H. The molecule has 0 unspecified atom stereocenters. The maximum atomic E-state index is 4.81. The van der Waals surface area contributed by atoms with Crippen LogP contribution in [0.15, 0.2) is 41.7 Å². The minimum Gasteiger partial charge on any atom is -0.356 e. The summed E-state index contributed by atoms with van der Waals surface area (Å²) in [6, 6.07) is 8.60. The third kappa shape index (κ3) is 4.49. The molecule has 0 aliphatic carbocycles. The smallest absolute Gasteiger partial charge is 0.198 e. The summed E-state index contributed by atoms with van der Waals surface area (Å²) in [4.78, 5) is 7.11. The number of hydrogen-bond donors (Lipinski definition) is 1. The number of benzene rings is 1. The Morgan fingerprint density at radius 3 is 2.92 bits per heavy atom. The summed E-state index contributed by atoms with van der Waals surface area (Å²) in [7, 11) is 0. The second kappa shape index (κ2) is 9.05. The predicted molar refractivity (Wildman–Crippen MR) is 110 cm³/mol. The van der Waals surface area contributed by atoms with E-state index in [2.05, 4.69) is 59.6 Å². The third-order valence-electron chi connectivity index (χ3n) is 4.05. The van der Waals surface area contributed by atoms with Gasteiger partial charge in [0.05, 0.1) is 6.20 Å². The molecule has 2 heterocycles. The Bertz CT molecular complexity index is 680. The summed E-state index contributed by atoms with van der Waals surface area (Å²) >= 11 is 0. The van der Waals surface area contributed by atoms with E-state index in [0.29, 0.717) is 0 Å². The number of nitrogens with one attached hydrogen (secondary N) is 1. The van der Waals surface area contributed by atoms with Crippen LogP contribution in [-0.2, 0) is 13.0 Å². The minimum atomic E-state index is 0. The van der Waals surface area contributed by atoms with E-state index in [0.717, 1.165) is 45.0 Å². The number of anilines is 1. The van der Waals surface area contributed by atoms with Gasteiger partial charge in [0.25, 0.3) is 0 Å². The molecule has 6 heteroatoms. The van der Waals surface area contributed by atoms with Gasteiger partial charge in [-0.2, -0.15) is 5.10 Å². The average molecular weight is 439 g/mol. The molecular weight excluding hydrogens is 413 g/mol. The maximum Gasteiger partial charge on any atom is 0.198 e.